The number of aromatic nitrogens is 3. The number of anilines is 1. The second kappa shape index (κ2) is 11.9. The molecule has 1 aliphatic rings. The monoisotopic (exact) mass is 576 g/mol. The summed E-state index contributed by atoms with van der Waals surface area (Å²) in [6.45, 7) is 4.53. The van der Waals surface area contributed by atoms with Crippen molar-refractivity contribution >= 4 is 55.9 Å². The molecular weight excluding hydrogens is 552 g/mol. The van der Waals surface area contributed by atoms with E-state index in [2.05, 4.69) is 38.0 Å². The largest absolute Gasteiger partial charge is 0.486 e. The maximum atomic E-state index is 12.8. The molecular formula is C24H25BrN4O4S2. The van der Waals surface area contributed by atoms with Crippen molar-refractivity contribution < 1.29 is 19.1 Å². The predicted octanol–water partition coefficient (Wildman–Crippen LogP) is 5.26. The summed E-state index contributed by atoms with van der Waals surface area (Å²) in [5.41, 5.74) is 1.50. The molecule has 11 heteroatoms. The van der Waals surface area contributed by atoms with Gasteiger partial charge in [0, 0.05) is 15.9 Å². The van der Waals surface area contributed by atoms with Crippen molar-refractivity contribution in [3.63, 3.8) is 0 Å². The zero-order valence-corrected chi connectivity index (χ0v) is 22.4. The van der Waals surface area contributed by atoms with Gasteiger partial charge in [-0.2, -0.15) is 0 Å². The van der Waals surface area contributed by atoms with Crippen molar-refractivity contribution in [1.82, 2.24) is 14.8 Å². The van der Waals surface area contributed by atoms with Crippen molar-refractivity contribution in [3.8, 4) is 5.75 Å². The van der Waals surface area contributed by atoms with Crippen molar-refractivity contribution in [2.24, 2.45) is 0 Å². The highest BCUT2D eigenvalue weighted by Crippen LogP contribution is 2.38. The summed E-state index contributed by atoms with van der Waals surface area (Å²) in [5, 5.41) is 12.5. The average molecular weight is 578 g/mol. The van der Waals surface area contributed by atoms with E-state index in [4.69, 9.17) is 9.47 Å². The first-order chi connectivity index (χ1) is 17.0. The molecule has 2 heterocycles. The standard InChI is InChI=1S/C24H25BrN4O4S2/c1-3-12-29-19(13-33-16-10-8-15(25)9-11-16)27-28-24(29)34-14-20(30)26-22-21(23(31)32-2)17-6-4-5-7-18(17)35-22/h3,8-11H,1,4-7,12-14H2,2H3,(H,26,30). The van der Waals surface area contributed by atoms with Crippen molar-refractivity contribution in [2.45, 2.75) is 44.0 Å². The van der Waals surface area contributed by atoms with E-state index in [-0.39, 0.29) is 18.3 Å². The number of aryl methyl sites for hydroxylation is 1. The fraction of sp³-hybridized carbons (Fsp3) is 0.333. The summed E-state index contributed by atoms with van der Waals surface area (Å²) in [5.74, 6) is 0.837. The molecule has 4 rings (SSSR count). The summed E-state index contributed by atoms with van der Waals surface area (Å²) in [6, 6.07) is 7.53. The van der Waals surface area contributed by atoms with E-state index >= 15 is 0 Å². The number of carbonyl (C=O) groups excluding carboxylic acids is 2. The molecule has 0 radical (unpaired) electrons. The second-order valence-electron chi connectivity index (χ2n) is 7.78. The van der Waals surface area contributed by atoms with Crippen LogP contribution in [0.4, 0.5) is 5.00 Å². The van der Waals surface area contributed by atoms with Crippen LogP contribution in [0.15, 0.2) is 46.5 Å². The number of hydrogen-bond acceptors (Lipinski definition) is 8. The Bertz CT molecular complexity index is 1220. The molecule has 3 aromatic rings. The minimum absolute atomic E-state index is 0.117. The number of ether oxygens (including phenoxy) is 2. The molecule has 1 amide bonds. The van der Waals surface area contributed by atoms with Gasteiger partial charge < -0.3 is 14.8 Å². The van der Waals surface area contributed by atoms with Crippen LogP contribution in [0.2, 0.25) is 0 Å². The molecule has 0 aliphatic heterocycles. The van der Waals surface area contributed by atoms with Crippen LogP contribution in [0.25, 0.3) is 0 Å². The molecule has 1 aromatic carbocycles. The topological polar surface area (TPSA) is 95.3 Å². The third-order valence-electron chi connectivity index (χ3n) is 5.43. The van der Waals surface area contributed by atoms with Crippen LogP contribution in [0.1, 0.15) is 39.5 Å². The maximum absolute atomic E-state index is 12.8. The Kier molecular flexibility index (Phi) is 8.64. The zero-order chi connectivity index (χ0) is 24.8. The predicted molar refractivity (Wildman–Crippen MR) is 140 cm³/mol. The zero-order valence-electron chi connectivity index (χ0n) is 19.2. The Hall–Kier alpha value is -2.63. The number of fused-ring (bicyclic) bond motifs is 1. The first kappa shape index (κ1) is 25.5. The number of nitrogens with one attached hydrogen (secondary N) is 1. The fourth-order valence-corrected chi connectivity index (χ4v) is 6.11. The van der Waals surface area contributed by atoms with E-state index < -0.39 is 5.97 Å². The normalized spacial score (nSPS) is 12.6. The third kappa shape index (κ3) is 6.14. The summed E-state index contributed by atoms with van der Waals surface area (Å²) in [6.07, 6.45) is 5.62. The highest BCUT2D eigenvalue weighted by Gasteiger charge is 2.27. The Morgan fingerprint density at radius 3 is 2.77 bits per heavy atom. The van der Waals surface area contributed by atoms with Gasteiger partial charge in [-0.1, -0.05) is 33.8 Å². The van der Waals surface area contributed by atoms with Gasteiger partial charge in [-0.25, -0.2) is 4.79 Å². The minimum Gasteiger partial charge on any atom is -0.486 e. The number of thiophene rings is 1. The second-order valence-corrected chi connectivity index (χ2v) is 10.7. The fourth-order valence-electron chi connectivity index (χ4n) is 3.79. The van der Waals surface area contributed by atoms with Crippen molar-refractivity contribution in [1.29, 1.82) is 0 Å². The lowest BCUT2D eigenvalue weighted by Crippen LogP contribution is -2.17. The summed E-state index contributed by atoms with van der Waals surface area (Å²) in [4.78, 5) is 26.4. The summed E-state index contributed by atoms with van der Waals surface area (Å²) in [7, 11) is 1.36. The van der Waals surface area contributed by atoms with E-state index in [1.807, 2.05) is 28.8 Å². The lowest BCUT2D eigenvalue weighted by molar-refractivity contribution is -0.113. The number of allylic oxidation sites excluding steroid dienone is 1. The number of nitrogens with zero attached hydrogens (tertiary/aromatic N) is 3. The molecule has 8 nitrogen and oxygen atoms in total. The Morgan fingerprint density at radius 1 is 1.26 bits per heavy atom. The van der Waals surface area contributed by atoms with E-state index in [0.29, 0.717) is 28.1 Å². The Labute approximate surface area is 220 Å². The van der Waals surface area contributed by atoms with Crippen LogP contribution in [0.5, 0.6) is 5.75 Å². The van der Waals surface area contributed by atoms with Crippen LogP contribution >= 0.6 is 39.0 Å². The smallest absolute Gasteiger partial charge is 0.341 e. The number of carbonyl (C=O) groups is 2. The van der Waals surface area contributed by atoms with Crippen LogP contribution < -0.4 is 10.1 Å². The highest BCUT2D eigenvalue weighted by molar-refractivity contribution is 9.10. The molecule has 0 saturated carbocycles. The highest BCUT2D eigenvalue weighted by atomic mass is 79.9. The average Bonchev–Trinajstić information content (AvgIpc) is 3.42. The molecule has 35 heavy (non-hydrogen) atoms. The quantitative estimate of drug-likeness (QED) is 0.200. The van der Waals surface area contributed by atoms with Gasteiger partial charge in [-0.15, -0.1) is 28.1 Å². The lowest BCUT2D eigenvalue weighted by atomic mass is 9.95. The first-order valence-electron chi connectivity index (χ1n) is 11.1. The molecule has 0 bridgehead atoms. The number of hydrogen-bond donors (Lipinski definition) is 1. The number of thioether (sulfide) groups is 1. The molecule has 2 aromatic heterocycles. The maximum Gasteiger partial charge on any atom is 0.341 e. The lowest BCUT2D eigenvalue weighted by Gasteiger charge is -2.11. The van der Waals surface area contributed by atoms with Crippen molar-refractivity contribution in [2.75, 3.05) is 18.2 Å². The van der Waals surface area contributed by atoms with Crippen LogP contribution in [-0.4, -0.2) is 39.5 Å². The van der Waals surface area contributed by atoms with E-state index in [0.717, 1.165) is 46.3 Å². The Balaban J connectivity index is 1.41. The minimum atomic E-state index is -0.409. The molecule has 184 valence electrons. The molecule has 1 N–H and O–H groups in total. The molecule has 0 atom stereocenters. The van der Waals surface area contributed by atoms with Gasteiger partial charge in [-0.3, -0.25) is 9.36 Å². The van der Waals surface area contributed by atoms with E-state index in [9.17, 15) is 9.59 Å². The first-order valence-corrected chi connectivity index (χ1v) is 13.7. The van der Waals surface area contributed by atoms with Gasteiger partial charge in [0.1, 0.15) is 17.4 Å². The number of amides is 1. The van der Waals surface area contributed by atoms with Gasteiger partial charge in [0.15, 0.2) is 11.0 Å². The van der Waals surface area contributed by atoms with Crippen molar-refractivity contribution in [3.05, 3.63) is 63.2 Å². The van der Waals surface area contributed by atoms with Gasteiger partial charge in [-0.05, 0) is 55.5 Å². The van der Waals surface area contributed by atoms with Crippen LogP contribution in [0.3, 0.4) is 0 Å². The van der Waals surface area contributed by atoms with Crippen LogP contribution in [-0.2, 0) is 35.5 Å². The number of esters is 1. The van der Waals surface area contributed by atoms with E-state index in [1.54, 1.807) is 6.08 Å². The SMILES string of the molecule is C=CCn1c(COc2ccc(Br)cc2)nnc1SCC(=O)Nc1sc2c(c1C(=O)OC)CCCC2. The molecule has 0 spiro atoms. The molecule has 1 aliphatic carbocycles. The van der Waals surface area contributed by atoms with Gasteiger partial charge in [0.2, 0.25) is 5.91 Å². The number of benzene rings is 1. The number of halogens is 1. The summed E-state index contributed by atoms with van der Waals surface area (Å²) < 4.78 is 13.7. The number of rotatable bonds is 10. The van der Waals surface area contributed by atoms with Crippen LogP contribution in [0, 0.1) is 0 Å². The molecule has 0 saturated heterocycles. The molecule has 0 fully saturated rings. The van der Waals surface area contributed by atoms with Gasteiger partial charge in [0.25, 0.3) is 0 Å². The summed E-state index contributed by atoms with van der Waals surface area (Å²) >= 11 is 6.14. The van der Waals surface area contributed by atoms with Gasteiger partial charge >= 0.3 is 5.97 Å². The van der Waals surface area contributed by atoms with Gasteiger partial charge in [0.05, 0.1) is 18.4 Å². The Morgan fingerprint density at radius 2 is 2.03 bits per heavy atom. The van der Waals surface area contributed by atoms with E-state index in [1.165, 1.54) is 30.2 Å². The third-order valence-corrected chi connectivity index (χ3v) is 8.14. The molecule has 0 unspecified atom stereocenters. The number of methoxy groups -OCH3 is 1.